The summed E-state index contributed by atoms with van der Waals surface area (Å²) in [7, 11) is 0. The zero-order valence-electron chi connectivity index (χ0n) is 28.7. The van der Waals surface area contributed by atoms with Crippen molar-refractivity contribution in [2.75, 3.05) is 4.90 Å². The Morgan fingerprint density at radius 1 is 0.412 bits per heavy atom. The molecular formula is C49H36N2. The molecule has 242 valence electrons. The van der Waals surface area contributed by atoms with Crippen molar-refractivity contribution in [3.8, 4) is 27.9 Å². The van der Waals surface area contributed by atoms with E-state index in [4.69, 9.17) is 0 Å². The Kier molecular flexibility index (Phi) is 6.56. The lowest BCUT2D eigenvalue weighted by Gasteiger charge is -2.28. The maximum Gasteiger partial charge on any atom is 0.0547 e. The summed E-state index contributed by atoms with van der Waals surface area (Å²) in [5.74, 6) is 0. The molecule has 0 radical (unpaired) electrons. The van der Waals surface area contributed by atoms with Gasteiger partial charge in [0.2, 0.25) is 0 Å². The minimum Gasteiger partial charge on any atom is -0.310 e. The first-order valence-electron chi connectivity index (χ1n) is 17.8. The Hall–Kier alpha value is -6.38. The Labute approximate surface area is 298 Å². The highest BCUT2D eigenvalue weighted by atomic mass is 15.1. The van der Waals surface area contributed by atoms with Crippen LogP contribution in [0.2, 0.25) is 0 Å². The van der Waals surface area contributed by atoms with Gasteiger partial charge in [0.1, 0.15) is 0 Å². The molecule has 1 heterocycles. The fourth-order valence-electron chi connectivity index (χ4n) is 8.42. The molecule has 0 bridgehead atoms. The highest BCUT2D eigenvalue weighted by molar-refractivity contribution is 6.10. The molecule has 1 aromatic heterocycles. The average Bonchev–Trinajstić information content (AvgIpc) is 3.63. The molecule has 0 saturated heterocycles. The van der Waals surface area contributed by atoms with E-state index in [2.05, 4.69) is 205 Å². The number of benzene rings is 8. The third-order valence-electron chi connectivity index (χ3n) is 10.9. The Balaban J connectivity index is 1.15. The van der Waals surface area contributed by atoms with E-state index in [1.807, 2.05) is 0 Å². The molecule has 9 aromatic rings. The van der Waals surface area contributed by atoms with Crippen LogP contribution in [0.1, 0.15) is 25.0 Å². The van der Waals surface area contributed by atoms with Gasteiger partial charge in [-0.1, -0.05) is 135 Å². The van der Waals surface area contributed by atoms with Gasteiger partial charge in [0.05, 0.1) is 11.0 Å². The number of para-hydroxylation sites is 2. The minimum atomic E-state index is -0.0918. The summed E-state index contributed by atoms with van der Waals surface area (Å²) in [4.78, 5) is 2.43. The van der Waals surface area contributed by atoms with Gasteiger partial charge in [-0.05, 0) is 105 Å². The Morgan fingerprint density at radius 2 is 1.08 bits per heavy atom. The van der Waals surface area contributed by atoms with Gasteiger partial charge < -0.3 is 9.47 Å². The van der Waals surface area contributed by atoms with E-state index >= 15 is 0 Å². The monoisotopic (exact) mass is 652 g/mol. The van der Waals surface area contributed by atoms with Crippen molar-refractivity contribution >= 4 is 49.6 Å². The summed E-state index contributed by atoms with van der Waals surface area (Å²) in [6.45, 7) is 4.71. The second-order valence-electron chi connectivity index (χ2n) is 14.2. The lowest BCUT2D eigenvalue weighted by Crippen LogP contribution is -2.16. The number of nitrogens with zero attached hydrogens (tertiary/aromatic N) is 2. The molecule has 0 atom stereocenters. The largest absolute Gasteiger partial charge is 0.310 e. The van der Waals surface area contributed by atoms with Gasteiger partial charge in [0.25, 0.3) is 0 Å². The van der Waals surface area contributed by atoms with E-state index in [1.54, 1.807) is 0 Å². The first-order valence-corrected chi connectivity index (χ1v) is 17.8. The second-order valence-corrected chi connectivity index (χ2v) is 14.2. The molecule has 51 heavy (non-hydrogen) atoms. The SMILES string of the molecule is CC1(C)c2ccccc2-c2ccc(N(c3cccc(-c4ccc5c6ccccc6n(-c6ccccc6)c5c4)c3)c3ccc4ccccc4c3)cc21. The molecule has 0 unspecified atom stereocenters. The normalized spacial score (nSPS) is 13.1. The number of aromatic nitrogens is 1. The van der Waals surface area contributed by atoms with Crippen LogP contribution in [0.4, 0.5) is 17.1 Å². The summed E-state index contributed by atoms with van der Waals surface area (Å²) >= 11 is 0. The predicted octanol–water partition coefficient (Wildman–Crippen LogP) is 13.4. The molecule has 0 spiro atoms. The van der Waals surface area contributed by atoms with Gasteiger partial charge in [0.15, 0.2) is 0 Å². The molecule has 0 aliphatic heterocycles. The van der Waals surface area contributed by atoms with Crippen molar-refractivity contribution < 1.29 is 0 Å². The van der Waals surface area contributed by atoms with Gasteiger partial charge >= 0.3 is 0 Å². The van der Waals surface area contributed by atoms with E-state index in [1.165, 1.54) is 71.6 Å². The third kappa shape index (κ3) is 4.64. The van der Waals surface area contributed by atoms with Crippen LogP contribution in [0, 0.1) is 0 Å². The molecule has 0 amide bonds. The second kappa shape index (κ2) is 11.3. The van der Waals surface area contributed by atoms with Crippen LogP contribution in [0.15, 0.2) is 182 Å². The lowest BCUT2D eigenvalue weighted by molar-refractivity contribution is 0.660. The van der Waals surface area contributed by atoms with Crippen molar-refractivity contribution in [3.63, 3.8) is 0 Å². The van der Waals surface area contributed by atoms with Crippen LogP contribution in [-0.2, 0) is 5.41 Å². The molecule has 0 saturated carbocycles. The zero-order chi connectivity index (χ0) is 34.1. The summed E-state index contributed by atoms with van der Waals surface area (Å²) in [6, 6.07) is 66.7. The smallest absolute Gasteiger partial charge is 0.0547 e. The first kappa shape index (κ1) is 29.5. The van der Waals surface area contributed by atoms with Crippen LogP contribution in [0.5, 0.6) is 0 Å². The van der Waals surface area contributed by atoms with E-state index in [9.17, 15) is 0 Å². The van der Waals surface area contributed by atoms with E-state index in [-0.39, 0.29) is 5.41 Å². The summed E-state index contributed by atoms with van der Waals surface area (Å²) in [6.07, 6.45) is 0. The highest BCUT2D eigenvalue weighted by Gasteiger charge is 2.35. The van der Waals surface area contributed by atoms with E-state index < -0.39 is 0 Å². The number of rotatable bonds is 5. The highest BCUT2D eigenvalue weighted by Crippen LogP contribution is 2.51. The van der Waals surface area contributed by atoms with Gasteiger partial charge in [0, 0.05) is 38.9 Å². The Bertz CT molecular complexity index is 2790. The fraction of sp³-hybridized carbons (Fsp3) is 0.0612. The minimum absolute atomic E-state index is 0.0918. The Morgan fingerprint density at radius 3 is 1.98 bits per heavy atom. The van der Waals surface area contributed by atoms with Crippen molar-refractivity contribution in [3.05, 3.63) is 193 Å². The van der Waals surface area contributed by atoms with Gasteiger partial charge in [-0.3, -0.25) is 0 Å². The van der Waals surface area contributed by atoms with E-state index in [0.717, 1.165) is 17.1 Å². The number of fused-ring (bicyclic) bond motifs is 7. The molecule has 2 heteroatoms. The van der Waals surface area contributed by atoms with Crippen molar-refractivity contribution in [1.29, 1.82) is 0 Å². The number of hydrogen-bond acceptors (Lipinski definition) is 1. The topological polar surface area (TPSA) is 8.17 Å². The van der Waals surface area contributed by atoms with Crippen LogP contribution in [0.25, 0.3) is 60.5 Å². The molecular weight excluding hydrogens is 617 g/mol. The summed E-state index contributed by atoms with van der Waals surface area (Å²) in [5, 5.41) is 4.99. The van der Waals surface area contributed by atoms with Crippen LogP contribution >= 0.6 is 0 Å². The predicted molar refractivity (Wildman–Crippen MR) is 216 cm³/mol. The zero-order valence-corrected chi connectivity index (χ0v) is 28.7. The molecule has 8 aromatic carbocycles. The average molecular weight is 653 g/mol. The molecule has 10 rings (SSSR count). The van der Waals surface area contributed by atoms with Gasteiger partial charge in [-0.25, -0.2) is 0 Å². The van der Waals surface area contributed by atoms with Gasteiger partial charge in [-0.2, -0.15) is 0 Å². The van der Waals surface area contributed by atoms with E-state index in [0.29, 0.717) is 0 Å². The first-order chi connectivity index (χ1) is 25.0. The number of anilines is 3. The van der Waals surface area contributed by atoms with Crippen LogP contribution in [0.3, 0.4) is 0 Å². The molecule has 1 aliphatic rings. The quantitative estimate of drug-likeness (QED) is 0.180. The fourth-order valence-corrected chi connectivity index (χ4v) is 8.42. The maximum absolute atomic E-state index is 2.43. The maximum atomic E-state index is 2.43. The number of hydrogen-bond donors (Lipinski definition) is 0. The van der Waals surface area contributed by atoms with Crippen LogP contribution < -0.4 is 4.90 Å². The summed E-state index contributed by atoms with van der Waals surface area (Å²) in [5.41, 5.74) is 14.7. The van der Waals surface area contributed by atoms with Crippen LogP contribution in [-0.4, -0.2) is 4.57 Å². The molecule has 1 aliphatic carbocycles. The third-order valence-corrected chi connectivity index (χ3v) is 10.9. The van der Waals surface area contributed by atoms with Crippen molar-refractivity contribution in [1.82, 2.24) is 4.57 Å². The van der Waals surface area contributed by atoms with Crippen molar-refractivity contribution in [2.24, 2.45) is 0 Å². The lowest BCUT2D eigenvalue weighted by atomic mass is 9.82. The molecule has 2 nitrogen and oxygen atoms in total. The van der Waals surface area contributed by atoms with Crippen molar-refractivity contribution in [2.45, 2.75) is 19.3 Å². The standard InChI is InChI=1S/C49H36N2/c1-49(2)45-21-10-8-19-41(45)42-28-26-40(32-46(42)49)50(39-25-23-33-13-6-7-14-34(33)29-39)38-18-12-15-35(30-38)36-24-27-44-43-20-9-11-22-47(43)51(48(44)31-36)37-16-4-3-5-17-37/h3-32H,1-2H3. The summed E-state index contributed by atoms with van der Waals surface area (Å²) < 4.78 is 2.39. The van der Waals surface area contributed by atoms with Gasteiger partial charge in [-0.15, -0.1) is 0 Å². The molecule has 0 N–H and O–H groups in total. The molecule has 0 fully saturated rings.